The Balaban J connectivity index is 1.72. The summed E-state index contributed by atoms with van der Waals surface area (Å²) in [4.78, 5) is 22.9. The van der Waals surface area contributed by atoms with E-state index >= 15 is 0 Å². The molecular formula is C13H18N6O4Se. The van der Waals surface area contributed by atoms with Crippen molar-refractivity contribution in [2.75, 3.05) is 5.73 Å². The fraction of sp³-hybridized carbons (Fsp3) is 0.538. The zero-order valence-electron chi connectivity index (χ0n) is 12.6. The first kappa shape index (κ1) is 17.1. The number of carbonyl (C=O) groups excluding carboxylic acids is 1. The SMILES string of the molecule is NC(=O)CC[Se]C[C@H]1O[C@@H](n2cnc3c(N)ncnc32)[C@H](O)[C@@H]1O. The van der Waals surface area contributed by atoms with Crippen LogP contribution in [0, 0.1) is 0 Å². The monoisotopic (exact) mass is 402 g/mol. The molecule has 130 valence electrons. The summed E-state index contributed by atoms with van der Waals surface area (Å²) in [5.41, 5.74) is 11.7. The first-order valence-electron chi connectivity index (χ1n) is 7.29. The van der Waals surface area contributed by atoms with Gasteiger partial charge < -0.3 is 0 Å². The Kier molecular flexibility index (Phi) is 4.97. The molecule has 1 aliphatic rings. The predicted molar refractivity (Wildman–Crippen MR) is 84.8 cm³/mol. The molecule has 2 aromatic rings. The fourth-order valence-electron chi connectivity index (χ4n) is 2.53. The standard InChI is InChI=1S/C13H18N6O4Se/c14-7(20)1-2-24-3-6-9(21)10(22)13(23-6)19-5-18-8-11(15)16-4-17-12(8)19/h4-6,9-10,13,21-22H,1-3H2,(H2,14,20)(H2,15,16,17)/t6-,9-,10-,13-/m1/s1. The minimum atomic E-state index is -1.12. The van der Waals surface area contributed by atoms with Crippen molar-refractivity contribution < 1.29 is 19.7 Å². The van der Waals surface area contributed by atoms with Gasteiger partial charge in [-0.2, -0.15) is 0 Å². The van der Waals surface area contributed by atoms with Crippen LogP contribution in [-0.4, -0.2) is 68.9 Å². The molecule has 1 aliphatic heterocycles. The van der Waals surface area contributed by atoms with Crippen molar-refractivity contribution in [3.8, 4) is 0 Å². The van der Waals surface area contributed by atoms with Crippen LogP contribution in [0.3, 0.4) is 0 Å². The summed E-state index contributed by atoms with van der Waals surface area (Å²) in [6.07, 6.45) is -0.394. The van der Waals surface area contributed by atoms with Crippen molar-refractivity contribution in [1.29, 1.82) is 0 Å². The van der Waals surface area contributed by atoms with Gasteiger partial charge in [-0.3, -0.25) is 0 Å². The molecule has 0 bridgehead atoms. The van der Waals surface area contributed by atoms with Gasteiger partial charge in [-0.25, -0.2) is 0 Å². The molecule has 0 unspecified atom stereocenters. The maximum absolute atomic E-state index is 10.8. The van der Waals surface area contributed by atoms with Crippen LogP contribution >= 0.6 is 0 Å². The fourth-order valence-corrected chi connectivity index (χ4v) is 4.67. The van der Waals surface area contributed by atoms with Gasteiger partial charge in [0.25, 0.3) is 0 Å². The second-order valence-corrected chi connectivity index (χ2v) is 7.83. The van der Waals surface area contributed by atoms with Gasteiger partial charge >= 0.3 is 143 Å². The van der Waals surface area contributed by atoms with Crippen LogP contribution in [0.4, 0.5) is 5.82 Å². The average molecular weight is 401 g/mol. The molecule has 0 aliphatic carbocycles. The Morgan fingerprint density at radius 3 is 2.88 bits per heavy atom. The summed E-state index contributed by atoms with van der Waals surface area (Å²) >= 11 is 0.0822. The van der Waals surface area contributed by atoms with Crippen molar-refractivity contribution in [3.63, 3.8) is 0 Å². The van der Waals surface area contributed by atoms with Gasteiger partial charge in [-0.15, -0.1) is 0 Å². The number of carbonyl (C=O) groups is 1. The molecule has 0 aromatic carbocycles. The molecule has 3 heterocycles. The molecule has 3 rings (SSSR count). The van der Waals surface area contributed by atoms with Gasteiger partial charge in [0.2, 0.25) is 0 Å². The number of fused-ring (bicyclic) bond motifs is 1. The third-order valence-electron chi connectivity index (χ3n) is 3.77. The Labute approximate surface area is 143 Å². The topological polar surface area (TPSA) is 162 Å². The summed E-state index contributed by atoms with van der Waals surface area (Å²) in [5.74, 6) is -0.108. The molecule has 1 fully saturated rings. The first-order valence-corrected chi connectivity index (χ1v) is 9.72. The number of imidazole rings is 1. The second-order valence-electron chi connectivity index (χ2n) is 5.42. The predicted octanol–water partition coefficient (Wildman–Crippen LogP) is -1.56. The van der Waals surface area contributed by atoms with E-state index in [1.54, 1.807) is 0 Å². The number of hydrogen-bond acceptors (Lipinski definition) is 8. The summed E-state index contributed by atoms with van der Waals surface area (Å²) in [6.45, 7) is 0. The van der Waals surface area contributed by atoms with Crippen molar-refractivity contribution in [3.05, 3.63) is 12.7 Å². The summed E-state index contributed by atoms with van der Waals surface area (Å²) < 4.78 is 7.35. The molecule has 24 heavy (non-hydrogen) atoms. The quantitative estimate of drug-likeness (QED) is 0.334. The van der Waals surface area contributed by atoms with Crippen molar-refractivity contribution in [2.24, 2.45) is 5.73 Å². The molecule has 0 radical (unpaired) electrons. The van der Waals surface area contributed by atoms with E-state index in [1.807, 2.05) is 0 Å². The molecular weight excluding hydrogens is 383 g/mol. The van der Waals surface area contributed by atoms with Gasteiger partial charge in [-0.05, 0) is 0 Å². The van der Waals surface area contributed by atoms with E-state index in [0.717, 1.165) is 0 Å². The van der Waals surface area contributed by atoms with Gasteiger partial charge in [0.1, 0.15) is 0 Å². The number of nitrogens with two attached hydrogens (primary N) is 2. The van der Waals surface area contributed by atoms with E-state index < -0.39 is 24.5 Å². The normalized spacial score (nSPS) is 26.9. The van der Waals surface area contributed by atoms with E-state index in [4.69, 9.17) is 16.2 Å². The van der Waals surface area contributed by atoms with E-state index in [1.165, 1.54) is 17.2 Å². The van der Waals surface area contributed by atoms with E-state index in [-0.39, 0.29) is 26.7 Å². The second kappa shape index (κ2) is 6.99. The maximum atomic E-state index is 10.8. The van der Waals surface area contributed by atoms with Crippen LogP contribution in [-0.2, 0) is 9.53 Å². The zero-order valence-corrected chi connectivity index (χ0v) is 14.4. The number of hydrogen-bond donors (Lipinski definition) is 4. The van der Waals surface area contributed by atoms with Gasteiger partial charge in [-0.1, -0.05) is 0 Å². The molecule has 10 nitrogen and oxygen atoms in total. The molecule has 0 spiro atoms. The Morgan fingerprint density at radius 1 is 1.33 bits per heavy atom. The number of primary amides is 1. The van der Waals surface area contributed by atoms with Crippen LogP contribution in [0.2, 0.25) is 10.6 Å². The van der Waals surface area contributed by atoms with Crippen LogP contribution in [0.5, 0.6) is 0 Å². The van der Waals surface area contributed by atoms with Crippen LogP contribution in [0.25, 0.3) is 11.2 Å². The van der Waals surface area contributed by atoms with Crippen LogP contribution in [0.15, 0.2) is 12.7 Å². The summed E-state index contributed by atoms with van der Waals surface area (Å²) in [7, 11) is 0. The molecule has 1 amide bonds. The number of aliphatic hydroxyl groups excluding tert-OH is 2. The van der Waals surface area contributed by atoms with Crippen LogP contribution in [0.1, 0.15) is 12.6 Å². The average Bonchev–Trinajstić information content (AvgIpc) is 3.08. The number of rotatable bonds is 6. The van der Waals surface area contributed by atoms with E-state index in [9.17, 15) is 15.0 Å². The van der Waals surface area contributed by atoms with E-state index in [0.29, 0.717) is 28.2 Å². The number of nitrogens with zero attached hydrogens (tertiary/aromatic N) is 4. The zero-order chi connectivity index (χ0) is 17.3. The van der Waals surface area contributed by atoms with E-state index in [2.05, 4.69) is 15.0 Å². The minimum absolute atomic E-state index is 0.0822. The van der Waals surface area contributed by atoms with Gasteiger partial charge in [0.15, 0.2) is 0 Å². The Bertz CT molecular complexity index is 740. The number of ether oxygens (including phenoxy) is 1. The van der Waals surface area contributed by atoms with Crippen molar-refractivity contribution >= 4 is 37.8 Å². The summed E-state index contributed by atoms with van der Waals surface area (Å²) in [5, 5.41) is 21.8. The van der Waals surface area contributed by atoms with Crippen LogP contribution < -0.4 is 11.5 Å². The molecule has 6 N–H and O–H groups in total. The van der Waals surface area contributed by atoms with Crippen molar-refractivity contribution in [1.82, 2.24) is 19.5 Å². The number of aromatic nitrogens is 4. The number of nitrogen functional groups attached to an aromatic ring is 1. The van der Waals surface area contributed by atoms with Gasteiger partial charge in [0, 0.05) is 0 Å². The molecule has 1 saturated heterocycles. The summed E-state index contributed by atoms with van der Waals surface area (Å²) in [6, 6.07) is 0. The number of aliphatic hydroxyl groups is 2. The first-order chi connectivity index (χ1) is 11.5. The van der Waals surface area contributed by atoms with Gasteiger partial charge in [0.05, 0.1) is 0 Å². The molecule has 4 atom stereocenters. The molecule has 2 aromatic heterocycles. The number of anilines is 1. The molecule has 11 heteroatoms. The number of amides is 1. The van der Waals surface area contributed by atoms with Crippen molar-refractivity contribution in [2.45, 2.75) is 41.6 Å². The Morgan fingerprint density at radius 2 is 2.12 bits per heavy atom. The Hall–Kier alpha value is -1.78. The third kappa shape index (κ3) is 3.21. The molecule has 0 saturated carbocycles. The third-order valence-corrected chi connectivity index (χ3v) is 5.99.